The number of carbonyl (C=O) groups is 1. The zero-order chi connectivity index (χ0) is 11.5. The molecular weight excluding hydrogens is 222 g/mol. The number of nitrogens with one attached hydrogen (secondary N) is 1. The molecule has 0 aliphatic carbocycles. The second-order valence-electron chi connectivity index (χ2n) is 3.64. The minimum Gasteiger partial charge on any atom is -0.459 e. The second kappa shape index (κ2) is 4.53. The Hall–Kier alpha value is -1.55. The molecule has 0 unspecified atom stereocenters. The standard InChI is InChI=1S/C12H13NO2S/c1-8-4-6-16-10(8)7-13-12(14)11-9(2)3-5-15-11/h3-6H,7H2,1-2H3,(H,13,14). The van der Waals surface area contributed by atoms with E-state index in [1.54, 1.807) is 17.4 Å². The van der Waals surface area contributed by atoms with E-state index in [1.807, 2.05) is 25.3 Å². The van der Waals surface area contributed by atoms with Gasteiger partial charge in [0.2, 0.25) is 0 Å². The summed E-state index contributed by atoms with van der Waals surface area (Å²) in [4.78, 5) is 12.9. The molecule has 0 fully saturated rings. The number of furan rings is 1. The van der Waals surface area contributed by atoms with Crippen LogP contribution >= 0.6 is 11.3 Å². The van der Waals surface area contributed by atoms with Gasteiger partial charge in [0.25, 0.3) is 5.91 Å². The highest BCUT2D eigenvalue weighted by Gasteiger charge is 2.12. The number of rotatable bonds is 3. The van der Waals surface area contributed by atoms with Crippen molar-refractivity contribution in [1.82, 2.24) is 5.32 Å². The summed E-state index contributed by atoms with van der Waals surface area (Å²) in [5, 5.41) is 4.87. The van der Waals surface area contributed by atoms with E-state index in [-0.39, 0.29) is 5.91 Å². The van der Waals surface area contributed by atoms with Gasteiger partial charge in [0.15, 0.2) is 5.76 Å². The molecule has 16 heavy (non-hydrogen) atoms. The topological polar surface area (TPSA) is 42.2 Å². The Kier molecular flexibility index (Phi) is 3.10. The smallest absolute Gasteiger partial charge is 0.287 e. The van der Waals surface area contributed by atoms with Crippen LogP contribution in [0.2, 0.25) is 0 Å². The Balaban J connectivity index is 1.99. The Labute approximate surface area is 98.1 Å². The van der Waals surface area contributed by atoms with Gasteiger partial charge in [0.1, 0.15) is 0 Å². The van der Waals surface area contributed by atoms with E-state index >= 15 is 0 Å². The predicted molar refractivity (Wildman–Crippen MR) is 63.7 cm³/mol. The van der Waals surface area contributed by atoms with Crippen molar-refractivity contribution in [1.29, 1.82) is 0 Å². The molecule has 1 N–H and O–H groups in total. The van der Waals surface area contributed by atoms with Gasteiger partial charge in [-0.15, -0.1) is 11.3 Å². The lowest BCUT2D eigenvalue weighted by atomic mass is 10.2. The molecule has 2 rings (SSSR count). The summed E-state index contributed by atoms with van der Waals surface area (Å²) in [5.74, 6) is 0.240. The van der Waals surface area contributed by atoms with Crippen LogP contribution in [0, 0.1) is 13.8 Å². The molecule has 0 radical (unpaired) electrons. The summed E-state index contributed by atoms with van der Waals surface area (Å²) < 4.78 is 5.12. The highest BCUT2D eigenvalue weighted by molar-refractivity contribution is 7.10. The molecule has 84 valence electrons. The summed E-state index contributed by atoms with van der Waals surface area (Å²) in [5.41, 5.74) is 2.07. The van der Waals surface area contributed by atoms with Crippen molar-refractivity contribution in [2.24, 2.45) is 0 Å². The van der Waals surface area contributed by atoms with E-state index < -0.39 is 0 Å². The third-order valence-electron chi connectivity index (χ3n) is 2.45. The summed E-state index contributed by atoms with van der Waals surface area (Å²) in [6.45, 7) is 4.45. The fraction of sp³-hybridized carbons (Fsp3) is 0.250. The monoisotopic (exact) mass is 235 g/mol. The first-order chi connectivity index (χ1) is 7.68. The van der Waals surface area contributed by atoms with Crippen LogP contribution in [0.5, 0.6) is 0 Å². The maximum Gasteiger partial charge on any atom is 0.287 e. The molecule has 0 aromatic carbocycles. The average molecular weight is 235 g/mol. The molecule has 1 amide bonds. The zero-order valence-corrected chi connectivity index (χ0v) is 10.1. The minimum atomic E-state index is -0.157. The summed E-state index contributed by atoms with van der Waals surface area (Å²) in [6, 6.07) is 3.83. The summed E-state index contributed by atoms with van der Waals surface area (Å²) in [7, 11) is 0. The molecule has 2 aromatic rings. The van der Waals surface area contributed by atoms with Crippen LogP contribution < -0.4 is 5.32 Å². The lowest BCUT2D eigenvalue weighted by Gasteiger charge is -2.03. The fourth-order valence-corrected chi connectivity index (χ4v) is 2.28. The van der Waals surface area contributed by atoms with E-state index in [9.17, 15) is 4.79 Å². The molecule has 0 spiro atoms. The van der Waals surface area contributed by atoms with Gasteiger partial charge < -0.3 is 9.73 Å². The second-order valence-corrected chi connectivity index (χ2v) is 4.64. The highest BCUT2D eigenvalue weighted by atomic mass is 32.1. The fourth-order valence-electron chi connectivity index (χ4n) is 1.43. The van der Waals surface area contributed by atoms with Gasteiger partial charge in [-0.25, -0.2) is 0 Å². The van der Waals surface area contributed by atoms with Crippen molar-refractivity contribution in [2.75, 3.05) is 0 Å². The lowest BCUT2D eigenvalue weighted by molar-refractivity contribution is 0.0922. The minimum absolute atomic E-state index is 0.157. The van der Waals surface area contributed by atoms with E-state index in [4.69, 9.17) is 4.42 Å². The van der Waals surface area contributed by atoms with Gasteiger partial charge in [-0.1, -0.05) is 0 Å². The average Bonchev–Trinajstić information content (AvgIpc) is 2.84. The third-order valence-corrected chi connectivity index (χ3v) is 3.47. The van der Waals surface area contributed by atoms with E-state index in [0.717, 1.165) is 5.56 Å². The van der Waals surface area contributed by atoms with Gasteiger partial charge in [0, 0.05) is 10.4 Å². The van der Waals surface area contributed by atoms with Gasteiger partial charge in [-0.2, -0.15) is 0 Å². The molecule has 0 saturated carbocycles. The molecule has 0 saturated heterocycles. The summed E-state index contributed by atoms with van der Waals surface area (Å²) >= 11 is 1.65. The largest absolute Gasteiger partial charge is 0.459 e. The van der Waals surface area contributed by atoms with Gasteiger partial charge >= 0.3 is 0 Å². The number of amides is 1. The van der Waals surface area contributed by atoms with E-state index in [0.29, 0.717) is 12.3 Å². The molecule has 3 nitrogen and oxygen atoms in total. The third kappa shape index (κ3) is 2.17. The first-order valence-corrected chi connectivity index (χ1v) is 5.91. The quantitative estimate of drug-likeness (QED) is 0.888. The van der Waals surface area contributed by atoms with Crippen LogP contribution in [0.3, 0.4) is 0 Å². The Morgan fingerprint density at radius 1 is 1.38 bits per heavy atom. The SMILES string of the molecule is Cc1ccoc1C(=O)NCc1sccc1C. The maximum absolute atomic E-state index is 11.7. The van der Waals surface area contributed by atoms with E-state index in [1.165, 1.54) is 16.7 Å². The van der Waals surface area contributed by atoms with Gasteiger partial charge in [-0.05, 0) is 36.9 Å². The van der Waals surface area contributed by atoms with Crippen molar-refractivity contribution < 1.29 is 9.21 Å². The molecule has 2 aromatic heterocycles. The molecule has 2 heterocycles. The first kappa shape index (κ1) is 11.0. The van der Waals surface area contributed by atoms with Crippen LogP contribution in [0.1, 0.15) is 26.6 Å². The van der Waals surface area contributed by atoms with Crippen molar-refractivity contribution in [3.05, 3.63) is 45.5 Å². The number of aryl methyl sites for hydroxylation is 2. The van der Waals surface area contributed by atoms with Crippen LogP contribution in [-0.2, 0) is 6.54 Å². The van der Waals surface area contributed by atoms with Crippen molar-refractivity contribution >= 4 is 17.2 Å². The Morgan fingerprint density at radius 3 is 2.75 bits per heavy atom. The Bertz CT molecular complexity index is 499. The van der Waals surface area contributed by atoms with Gasteiger partial charge in [0.05, 0.1) is 12.8 Å². The van der Waals surface area contributed by atoms with Crippen molar-refractivity contribution in [3.63, 3.8) is 0 Å². The van der Waals surface area contributed by atoms with E-state index in [2.05, 4.69) is 5.32 Å². The number of hydrogen-bond acceptors (Lipinski definition) is 3. The maximum atomic E-state index is 11.7. The number of carbonyl (C=O) groups excluding carboxylic acids is 1. The molecule has 0 aliphatic rings. The van der Waals surface area contributed by atoms with Crippen LogP contribution in [-0.4, -0.2) is 5.91 Å². The van der Waals surface area contributed by atoms with Crippen LogP contribution in [0.4, 0.5) is 0 Å². The summed E-state index contributed by atoms with van der Waals surface area (Å²) in [6.07, 6.45) is 1.53. The zero-order valence-electron chi connectivity index (χ0n) is 9.24. The number of thiophene rings is 1. The van der Waals surface area contributed by atoms with Crippen LogP contribution in [0.25, 0.3) is 0 Å². The van der Waals surface area contributed by atoms with Crippen molar-refractivity contribution in [3.8, 4) is 0 Å². The molecule has 0 aliphatic heterocycles. The van der Waals surface area contributed by atoms with Gasteiger partial charge in [-0.3, -0.25) is 4.79 Å². The molecule has 0 atom stereocenters. The normalized spacial score (nSPS) is 10.4. The van der Waals surface area contributed by atoms with Crippen LogP contribution in [0.15, 0.2) is 28.2 Å². The predicted octanol–water partition coefficient (Wildman–Crippen LogP) is 2.89. The number of hydrogen-bond donors (Lipinski definition) is 1. The first-order valence-electron chi connectivity index (χ1n) is 5.03. The molecule has 0 bridgehead atoms. The lowest BCUT2D eigenvalue weighted by Crippen LogP contribution is -2.22. The van der Waals surface area contributed by atoms with Crippen molar-refractivity contribution in [2.45, 2.75) is 20.4 Å². The molecular formula is C12H13NO2S. The molecule has 4 heteroatoms. The highest BCUT2D eigenvalue weighted by Crippen LogP contribution is 2.15. The Morgan fingerprint density at radius 2 is 2.19 bits per heavy atom.